The Bertz CT molecular complexity index is 1340. The number of aliphatic carboxylic acids is 1. The van der Waals surface area contributed by atoms with E-state index in [9.17, 15) is 14.7 Å². The molecule has 3 aromatic rings. The molecule has 2 fully saturated rings. The number of H-pyrrole nitrogens is 1. The van der Waals surface area contributed by atoms with Gasteiger partial charge in [0, 0.05) is 37.3 Å². The average molecular weight is 554 g/mol. The predicted octanol–water partition coefficient (Wildman–Crippen LogP) is 5.43. The van der Waals surface area contributed by atoms with Crippen LogP contribution in [0.3, 0.4) is 0 Å². The van der Waals surface area contributed by atoms with Gasteiger partial charge in [-0.1, -0.05) is 23.7 Å². The molecule has 1 aliphatic heterocycles. The Morgan fingerprint density at radius 2 is 1.74 bits per heavy atom. The summed E-state index contributed by atoms with van der Waals surface area (Å²) in [5, 5.41) is 13.1. The number of piperidine rings is 1. The van der Waals surface area contributed by atoms with Crippen LogP contribution in [0.1, 0.15) is 59.3 Å². The fourth-order valence-electron chi connectivity index (χ4n) is 5.79. The Hall–Kier alpha value is -3.33. The topological polar surface area (TPSA) is 120 Å². The number of rotatable bonds is 7. The molecule has 0 radical (unpaired) electrons. The number of imidazole rings is 1. The van der Waals surface area contributed by atoms with E-state index in [1.54, 1.807) is 20.8 Å². The number of aromatic amines is 1. The number of anilines is 1. The highest BCUT2D eigenvalue weighted by Crippen LogP contribution is 2.39. The molecule has 0 atom stereocenters. The SMILES string of the molecule is CC(=O)NC1CCN(c2ccc(-c3nc4nc(O[C@H]5CC[C@H](C(C)(C)C(=O)O)CC5)[nH]c4cc3Cl)cc2)CC1. The van der Waals surface area contributed by atoms with Gasteiger partial charge in [-0.25, -0.2) is 4.98 Å². The number of nitrogens with one attached hydrogen (secondary N) is 2. The second-order valence-electron chi connectivity index (χ2n) is 11.4. The number of pyridine rings is 1. The second-order valence-corrected chi connectivity index (χ2v) is 11.8. The molecule has 208 valence electrons. The number of halogens is 1. The Kier molecular flexibility index (Phi) is 7.71. The summed E-state index contributed by atoms with van der Waals surface area (Å²) in [5.41, 5.74) is 3.21. The Balaban J connectivity index is 1.23. The van der Waals surface area contributed by atoms with Gasteiger partial charge in [0.05, 0.1) is 21.6 Å². The van der Waals surface area contributed by atoms with Crippen LogP contribution in [0.5, 0.6) is 6.01 Å². The first-order valence-electron chi connectivity index (χ1n) is 13.7. The third kappa shape index (κ3) is 5.98. The van der Waals surface area contributed by atoms with Crippen molar-refractivity contribution in [3.05, 3.63) is 35.4 Å². The maximum Gasteiger partial charge on any atom is 0.309 e. The van der Waals surface area contributed by atoms with E-state index in [1.165, 1.54) is 0 Å². The number of hydrogen-bond acceptors (Lipinski definition) is 6. The van der Waals surface area contributed by atoms with Crippen molar-refractivity contribution in [1.29, 1.82) is 0 Å². The van der Waals surface area contributed by atoms with Crippen molar-refractivity contribution in [2.75, 3.05) is 18.0 Å². The first-order valence-corrected chi connectivity index (χ1v) is 14.1. The van der Waals surface area contributed by atoms with Crippen LogP contribution in [0.25, 0.3) is 22.4 Å². The minimum atomic E-state index is -0.749. The van der Waals surface area contributed by atoms with Gasteiger partial charge in [-0.3, -0.25) is 9.59 Å². The summed E-state index contributed by atoms with van der Waals surface area (Å²) in [6, 6.07) is 10.7. The summed E-state index contributed by atoms with van der Waals surface area (Å²) in [5.74, 6) is -0.588. The molecule has 5 rings (SSSR count). The summed E-state index contributed by atoms with van der Waals surface area (Å²) in [6.07, 6.45) is 5.03. The standard InChI is InChI=1S/C29H36ClN5O4/c1-17(36)31-20-12-14-35(15-13-20)21-8-4-18(5-9-21)25-23(30)16-24-26(33-25)34-28(32-24)39-22-10-6-19(7-11-22)29(2,3)27(37)38/h4-5,8-9,16,19-20,22H,6-7,10-15H2,1-3H3,(H,31,36)(H,37,38)(H,32,33,34)/t19-,22-. The van der Waals surface area contributed by atoms with Gasteiger partial charge in [0.15, 0.2) is 5.65 Å². The Morgan fingerprint density at radius 3 is 2.36 bits per heavy atom. The van der Waals surface area contributed by atoms with E-state index >= 15 is 0 Å². The van der Waals surface area contributed by atoms with E-state index in [0.717, 1.165) is 62.9 Å². The van der Waals surface area contributed by atoms with Crippen molar-refractivity contribution in [3.8, 4) is 17.3 Å². The van der Waals surface area contributed by atoms with Gasteiger partial charge in [-0.05, 0) is 76.5 Å². The van der Waals surface area contributed by atoms with Crippen molar-refractivity contribution >= 4 is 40.3 Å². The first kappa shape index (κ1) is 27.2. The predicted molar refractivity (Wildman–Crippen MR) is 151 cm³/mol. The largest absolute Gasteiger partial charge is 0.481 e. The van der Waals surface area contributed by atoms with E-state index in [-0.39, 0.29) is 24.0 Å². The average Bonchev–Trinajstić information content (AvgIpc) is 3.29. The van der Waals surface area contributed by atoms with Crippen molar-refractivity contribution in [2.24, 2.45) is 11.3 Å². The van der Waals surface area contributed by atoms with Crippen molar-refractivity contribution in [2.45, 2.75) is 71.4 Å². The molecule has 3 heterocycles. The first-order chi connectivity index (χ1) is 18.6. The van der Waals surface area contributed by atoms with Crippen LogP contribution in [0.4, 0.5) is 5.69 Å². The van der Waals surface area contributed by atoms with E-state index in [4.69, 9.17) is 21.3 Å². The zero-order chi connectivity index (χ0) is 27.7. The minimum absolute atomic E-state index is 0.0165. The van der Waals surface area contributed by atoms with Gasteiger partial charge in [0.1, 0.15) is 6.10 Å². The van der Waals surface area contributed by atoms with E-state index < -0.39 is 11.4 Å². The Morgan fingerprint density at radius 1 is 1.08 bits per heavy atom. The third-order valence-corrected chi connectivity index (χ3v) is 8.63. The summed E-state index contributed by atoms with van der Waals surface area (Å²) in [4.78, 5) is 37.7. The fraction of sp³-hybridized carbons (Fsp3) is 0.517. The molecular weight excluding hydrogens is 518 g/mol. The molecule has 39 heavy (non-hydrogen) atoms. The number of hydrogen-bond donors (Lipinski definition) is 3. The second kappa shape index (κ2) is 11.0. The maximum absolute atomic E-state index is 11.6. The third-order valence-electron chi connectivity index (χ3n) is 8.34. The number of carboxylic acid groups (broad SMARTS) is 1. The molecule has 9 nitrogen and oxygen atoms in total. The number of amides is 1. The highest BCUT2D eigenvalue weighted by Gasteiger charge is 2.39. The summed E-state index contributed by atoms with van der Waals surface area (Å²) in [6.45, 7) is 6.96. The van der Waals surface area contributed by atoms with Gasteiger partial charge in [-0.2, -0.15) is 4.98 Å². The molecule has 3 N–H and O–H groups in total. The number of nitrogens with zero attached hydrogens (tertiary/aromatic N) is 3. The number of benzene rings is 1. The molecule has 1 saturated heterocycles. The van der Waals surface area contributed by atoms with Crippen LogP contribution in [0.15, 0.2) is 30.3 Å². The van der Waals surface area contributed by atoms with Crippen LogP contribution in [-0.4, -0.2) is 57.2 Å². The number of carbonyl (C=O) groups excluding carboxylic acids is 1. The van der Waals surface area contributed by atoms with Gasteiger partial charge < -0.3 is 25.0 Å². The minimum Gasteiger partial charge on any atom is -0.481 e. The highest BCUT2D eigenvalue weighted by atomic mass is 35.5. The molecule has 2 aromatic heterocycles. The van der Waals surface area contributed by atoms with Crippen LogP contribution in [-0.2, 0) is 9.59 Å². The summed E-state index contributed by atoms with van der Waals surface area (Å²) < 4.78 is 6.13. The molecule has 0 bridgehead atoms. The molecular formula is C29H36ClN5O4. The lowest BCUT2D eigenvalue weighted by molar-refractivity contribution is -0.151. The number of fused-ring (bicyclic) bond motifs is 1. The number of carboxylic acids is 1. The molecule has 10 heteroatoms. The van der Waals surface area contributed by atoms with Gasteiger partial charge in [0.2, 0.25) is 5.91 Å². The van der Waals surface area contributed by atoms with Gasteiger partial charge in [-0.15, -0.1) is 0 Å². The van der Waals surface area contributed by atoms with Crippen LogP contribution in [0.2, 0.25) is 5.02 Å². The molecule has 1 aromatic carbocycles. The Labute approximate surface area is 233 Å². The van der Waals surface area contributed by atoms with Crippen LogP contribution < -0.4 is 15.0 Å². The zero-order valence-corrected chi connectivity index (χ0v) is 23.4. The molecule has 0 unspecified atom stereocenters. The molecule has 1 aliphatic carbocycles. The maximum atomic E-state index is 11.6. The number of aromatic nitrogens is 3. The summed E-state index contributed by atoms with van der Waals surface area (Å²) in [7, 11) is 0. The van der Waals surface area contributed by atoms with Crippen molar-refractivity contribution in [3.63, 3.8) is 0 Å². The fourth-order valence-corrected chi connectivity index (χ4v) is 6.05. The van der Waals surface area contributed by atoms with Crippen molar-refractivity contribution in [1.82, 2.24) is 20.3 Å². The smallest absolute Gasteiger partial charge is 0.309 e. The normalized spacial score (nSPS) is 20.7. The van der Waals surface area contributed by atoms with Crippen molar-refractivity contribution < 1.29 is 19.4 Å². The van der Waals surface area contributed by atoms with Gasteiger partial charge >= 0.3 is 5.97 Å². The molecule has 1 saturated carbocycles. The molecule has 0 spiro atoms. The van der Waals surface area contributed by atoms with Crippen LogP contribution in [0, 0.1) is 11.3 Å². The highest BCUT2D eigenvalue weighted by molar-refractivity contribution is 6.33. The lowest BCUT2D eigenvalue weighted by Crippen LogP contribution is -2.44. The zero-order valence-electron chi connectivity index (χ0n) is 22.7. The molecule has 2 aliphatic rings. The number of carbonyl (C=O) groups is 2. The van der Waals surface area contributed by atoms with E-state index in [2.05, 4.69) is 32.3 Å². The monoisotopic (exact) mass is 553 g/mol. The lowest BCUT2D eigenvalue weighted by Gasteiger charge is -2.36. The van der Waals surface area contributed by atoms with Crippen LogP contribution >= 0.6 is 11.6 Å². The summed E-state index contributed by atoms with van der Waals surface area (Å²) >= 11 is 6.63. The van der Waals surface area contributed by atoms with E-state index in [1.807, 2.05) is 18.2 Å². The lowest BCUT2D eigenvalue weighted by atomic mass is 9.70. The molecule has 1 amide bonds. The van der Waals surface area contributed by atoms with E-state index in [0.29, 0.717) is 27.9 Å². The van der Waals surface area contributed by atoms with Gasteiger partial charge in [0.25, 0.3) is 6.01 Å². The number of ether oxygens (including phenoxy) is 1. The quantitative estimate of drug-likeness (QED) is 0.356.